The third-order valence-corrected chi connectivity index (χ3v) is 4.57. The Bertz CT molecular complexity index is 351. The Kier molecular flexibility index (Phi) is 2.92. The van der Waals surface area contributed by atoms with Gasteiger partial charge in [0.2, 0.25) is 5.91 Å². The number of carbonyl (C=O) groups is 2. The third-order valence-electron chi connectivity index (χ3n) is 4.57. The molecule has 0 saturated heterocycles. The molecule has 2 aliphatic carbocycles. The number of carboxylic acid groups (broad SMARTS) is 1. The fraction of sp³-hybridized carbons (Fsp3) is 0.846. The molecule has 0 heterocycles. The summed E-state index contributed by atoms with van der Waals surface area (Å²) >= 11 is 0. The topological polar surface area (TPSA) is 66.4 Å². The number of amides is 1. The highest BCUT2D eigenvalue weighted by molar-refractivity contribution is 5.91. The Hall–Kier alpha value is -1.06. The molecular formula is C13H21NO3. The summed E-state index contributed by atoms with van der Waals surface area (Å²) in [4.78, 5) is 23.1. The molecule has 0 aromatic heterocycles. The SMILES string of the molecule is CC1CCCC1NC(=O)[C@H]1[C@@H](C(=O)O)C1(C)C. The van der Waals surface area contributed by atoms with Gasteiger partial charge in [-0.3, -0.25) is 9.59 Å². The van der Waals surface area contributed by atoms with E-state index in [4.69, 9.17) is 5.11 Å². The first-order valence-corrected chi connectivity index (χ1v) is 6.39. The van der Waals surface area contributed by atoms with Gasteiger partial charge in [0, 0.05) is 6.04 Å². The average Bonchev–Trinajstić information content (AvgIpc) is 2.58. The molecule has 0 aromatic carbocycles. The van der Waals surface area contributed by atoms with E-state index in [9.17, 15) is 9.59 Å². The van der Waals surface area contributed by atoms with Crippen molar-refractivity contribution in [1.29, 1.82) is 0 Å². The van der Waals surface area contributed by atoms with Crippen LogP contribution >= 0.6 is 0 Å². The minimum Gasteiger partial charge on any atom is -0.481 e. The van der Waals surface area contributed by atoms with Gasteiger partial charge in [-0.1, -0.05) is 27.2 Å². The standard InChI is InChI=1S/C13H21NO3/c1-7-5-4-6-8(7)14-11(15)9-10(12(16)17)13(9,2)3/h7-10H,4-6H2,1-3H3,(H,14,15)(H,16,17)/t7?,8?,9-,10+/m1/s1. The summed E-state index contributed by atoms with van der Waals surface area (Å²) in [5.41, 5.74) is -0.391. The smallest absolute Gasteiger partial charge is 0.307 e. The third kappa shape index (κ3) is 2.05. The van der Waals surface area contributed by atoms with Crippen LogP contribution in [0.25, 0.3) is 0 Å². The molecule has 0 radical (unpaired) electrons. The van der Waals surface area contributed by atoms with Crippen molar-refractivity contribution in [2.45, 2.75) is 46.1 Å². The number of carbonyl (C=O) groups excluding carboxylic acids is 1. The van der Waals surface area contributed by atoms with E-state index < -0.39 is 17.3 Å². The second-order valence-electron chi connectivity index (χ2n) is 6.14. The number of nitrogens with one attached hydrogen (secondary N) is 1. The van der Waals surface area contributed by atoms with Gasteiger partial charge in [-0.15, -0.1) is 0 Å². The first-order chi connectivity index (χ1) is 7.85. The van der Waals surface area contributed by atoms with Crippen molar-refractivity contribution in [2.75, 3.05) is 0 Å². The predicted octanol–water partition coefficient (Wildman–Crippen LogP) is 1.65. The second kappa shape index (κ2) is 4.00. The summed E-state index contributed by atoms with van der Waals surface area (Å²) in [5, 5.41) is 12.1. The Labute approximate surface area is 102 Å². The van der Waals surface area contributed by atoms with E-state index in [1.54, 1.807) is 0 Å². The molecule has 0 bridgehead atoms. The maximum Gasteiger partial charge on any atom is 0.307 e. The van der Waals surface area contributed by atoms with Gasteiger partial charge in [0.15, 0.2) is 0 Å². The first-order valence-electron chi connectivity index (χ1n) is 6.39. The van der Waals surface area contributed by atoms with Crippen LogP contribution in [0.3, 0.4) is 0 Å². The lowest BCUT2D eigenvalue weighted by Crippen LogP contribution is -2.38. The first kappa shape index (κ1) is 12.4. The summed E-state index contributed by atoms with van der Waals surface area (Å²) in [5.74, 6) is -1.27. The number of aliphatic carboxylic acids is 1. The maximum atomic E-state index is 12.1. The quantitative estimate of drug-likeness (QED) is 0.787. The fourth-order valence-corrected chi connectivity index (χ4v) is 3.22. The molecule has 4 heteroatoms. The Balaban J connectivity index is 1.96. The van der Waals surface area contributed by atoms with Crippen LogP contribution in [-0.2, 0) is 9.59 Å². The zero-order valence-corrected chi connectivity index (χ0v) is 10.7. The lowest BCUT2D eigenvalue weighted by molar-refractivity contribution is -0.140. The van der Waals surface area contributed by atoms with Gasteiger partial charge in [-0.25, -0.2) is 0 Å². The number of carboxylic acids is 1. The summed E-state index contributed by atoms with van der Waals surface area (Å²) in [6, 6.07) is 0.244. The van der Waals surface area contributed by atoms with Crippen LogP contribution in [-0.4, -0.2) is 23.0 Å². The van der Waals surface area contributed by atoms with E-state index >= 15 is 0 Å². The van der Waals surface area contributed by atoms with Crippen molar-refractivity contribution in [3.05, 3.63) is 0 Å². The lowest BCUT2D eigenvalue weighted by atomic mass is 10.1. The largest absolute Gasteiger partial charge is 0.481 e. The van der Waals surface area contributed by atoms with Crippen LogP contribution in [0.4, 0.5) is 0 Å². The lowest BCUT2D eigenvalue weighted by Gasteiger charge is -2.17. The number of hydrogen-bond donors (Lipinski definition) is 2. The summed E-state index contributed by atoms with van der Waals surface area (Å²) in [7, 11) is 0. The highest BCUT2D eigenvalue weighted by Gasteiger charge is 2.66. The molecule has 2 fully saturated rings. The molecule has 0 spiro atoms. The molecule has 4 atom stereocenters. The van der Waals surface area contributed by atoms with Gasteiger partial charge in [0.25, 0.3) is 0 Å². The normalized spacial score (nSPS) is 38.8. The van der Waals surface area contributed by atoms with Crippen molar-refractivity contribution < 1.29 is 14.7 Å². The van der Waals surface area contributed by atoms with Crippen LogP contribution in [0.15, 0.2) is 0 Å². The van der Waals surface area contributed by atoms with Gasteiger partial charge in [-0.05, 0) is 24.2 Å². The minimum absolute atomic E-state index is 0.0684. The molecule has 1 amide bonds. The average molecular weight is 239 g/mol. The van der Waals surface area contributed by atoms with E-state index in [0.29, 0.717) is 5.92 Å². The van der Waals surface area contributed by atoms with Crippen LogP contribution in [0, 0.1) is 23.2 Å². The summed E-state index contributed by atoms with van der Waals surface area (Å²) < 4.78 is 0. The van der Waals surface area contributed by atoms with E-state index in [2.05, 4.69) is 12.2 Å². The molecule has 0 aliphatic heterocycles. The highest BCUT2D eigenvalue weighted by Crippen LogP contribution is 2.58. The van der Waals surface area contributed by atoms with Crippen molar-refractivity contribution in [1.82, 2.24) is 5.32 Å². The number of hydrogen-bond acceptors (Lipinski definition) is 2. The van der Waals surface area contributed by atoms with E-state index in [1.807, 2.05) is 13.8 Å². The van der Waals surface area contributed by atoms with Crippen molar-refractivity contribution >= 4 is 11.9 Å². The highest BCUT2D eigenvalue weighted by atomic mass is 16.4. The van der Waals surface area contributed by atoms with Crippen LogP contribution in [0.1, 0.15) is 40.0 Å². The van der Waals surface area contributed by atoms with Crippen LogP contribution < -0.4 is 5.32 Å². The number of rotatable bonds is 3. The van der Waals surface area contributed by atoms with Gasteiger partial charge >= 0.3 is 5.97 Å². The van der Waals surface area contributed by atoms with Crippen LogP contribution in [0.2, 0.25) is 0 Å². The Morgan fingerprint density at radius 2 is 1.88 bits per heavy atom. The molecule has 2 rings (SSSR count). The van der Waals surface area contributed by atoms with Gasteiger partial charge < -0.3 is 10.4 Å². The van der Waals surface area contributed by atoms with E-state index in [0.717, 1.165) is 19.3 Å². The summed E-state index contributed by atoms with van der Waals surface area (Å²) in [6.07, 6.45) is 3.34. The second-order valence-corrected chi connectivity index (χ2v) is 6.14. The molecule has 96 valence electrons. The van der Waals surface area contributed by atoms with Crippen LogP contribution in [0.5, 0.6) is 0 Å². The van der Waals surface area contributed by atoms with E-state index in [1.165, 1.54) is 0 Å². The summed E-state index contributed by atoms with van der Waals surface area (Å²) in [6.45, 7) is 5.85. The zero-order valence-electron chi connectivity index (χ0n) is 10.7. The fourth-order valence-electron chi connectivity index (χ4n) is 3.22. The predicted molar refractivity (Wildman–Crippen MR) is 63.3 cm³/mol. The molecule has 2 aliphatic rings. The van der Waals surface area contributed by atoms with Crippen molar-refractivity contribution in [2.24, 2.45) is 23.2 Å². The van der Waals surface area contributed by atoms with E-state index in [-0.39, 0.29) is 17.9 Å². The van der Waals surface area contributed by atoms with Gasteiger partial charge in [-0.2, -0.15) is 0 Å². The van der Waals surface area contributed by atoms with Crippen molar-refractivity contribution in [3.63, 3.8) is 0 Å². The molecule has 2 unspecified atom stereocenters. The zero-order chi connectivity index (χ0) is 12.8. The maximum absolute atomic E-state index is 12.1. The molecule has 4 nitrogen and oxygen atoms in total. The van der Waals surface area contributed by atoms with Crippen molar-refractivity contribution in [3.8, 4) is 0 Å². The monoisotopic (exact) mass is 239 g/mol. The minimum atomic E-state index is -0.852. The van der Waals surface area contributed by atoms with Gasteiger partial charge in [0.05, 0.1) is 11.8 Å². The molecule has 17 heavy (non-hydrogen) atoms. The Morgan fingerprint density at radius 3 is 2.29 bits per heavy atom. The van der Waals surface area contributed by atoms with Gasteiger partial charge in [0.1, 0.15) is 0 Å². The molecule has 2 N–H and O–H groups in total. The molecule has 0 aromatic rings. The molecule has 2 saturated carbocycles. The molecular weight excluding hydrogens is 218 g/mol. The Morgan fingerprint density at radius 1 is 1.24 bits per heavy atom.